The van der Waals surface area contributed by atoms with Gasteiger partial charge in [-0.15, -0.1) is 13.2 Å². The molecule has 32 heavy (non-hydrogen) atoms. The van der Waals surface area contributed by atoms with Crippen molar-refractivity contribution in [3.63, 3.8) is 0 Å². The van der Waals surface area contributed by atoms with Gasteiger partial charge in [-0.2, -0.15) is 9.40 Å². The van der Waals surface area contributed by atoms with Gasteiger partial charge in [0.25, 0.3) is 0 Å². The van der Waals surface area contributed by atoms with Crippen LogP contribution in [0.5, 0.6) is 5.75 Å². The molecule has 3 heterocycles. The Hall–Kier alpha value is -3.19. The molecule has 1 aliphatic rings. The summed E-state index contributed by atoms with van der Waals surface area (Å²) in [6, 6.07) is 7.80. The quantitative estimate of drug-likeness (QED) is 0.568. The van der Waals surface area contributed by atoms with Gasteiger partial charge in [0.1, 0.15) is 17.9 Å². The van der Waals surface area contributed by atoms with Crippen LogP contribution in [0.2, 0.25) is 0 Å². The molecular formula is C19H19F3N6O3S. The van der Waals surface area contributed by atoms with Crippen LogP contribution >= 0.6 is 0 Å². The number of benzene rings is 1. The zero-order chi connectivity index (χ0) is 22.9. The Morgan fingerprint density at radius 3 is 2.22 bits per heavy atom. The van der Waals surface area contributed by atoms with E-state index in [-0.39, 0.29) is 18.0 Å². The van der Waals surface area contributed by atoms with E-state index in [4.69, 9.17) is 0 Å². The zero-order valence-electron chi connectivity index (χ0n) is 16.9. The van der Waals surface area contributed by atoms with Crippen molar-refractivity contribution < 1.29 is 26.3 Å². The number of anilines is 1. The van der Waals surface area contributed by atoms with E-state index >= 15 is 0 Å². The van der Waals surface area contributed by atoms with Crippen LogP contribution in [0.25, 0.3) is 5.82 Å². The van der Waals surface area contributed by atoms with Gasteiger partial charge >= 0.3 is 6.36 Å². The van der Waals surface area contributed by atoms with E-state index in [9.17, 15) is 21.6 Å². The maximum atomic E-state index is 12.9. The molecule has 0 saturated carbocycles. The molecule has 170 valence electrons. The molecule has 0 N–H and O–H groups in total. The van der Waals surface area contributed by atoms with Crippen molar-refractivity contribution in [1.82, 2.24) is 24.1 Å². The lowest BCUT2D eigenvalue weighted by atomic mass is 10.3. The maximum absolute atomic E-state index is 12.9. The lowest BCUT2D eigenvalue weighted by molar-refractivity contribution is -0.274. The Labute approximate surface area is 182 Å². The molecule has 3 aromatic rings. The molecule has 0 amide bonds. The van der Waals surface area contributed by atoms with Crippen LogP contribution in [0.15, 0.2) is 53.8 Å². The number of halogens is 3. The van der Waals surface area contributed by atoms with E-state index in [1.165, 1.54) is 10.6 Å². The van der Waals surface area contributed by atoms with Gasteiger partial charge in [-0.25, -0.2) is 23.1 Å². The third-order valence-corrected chi connectivity index (χ3v) is 6.77. The number of rotatable bonds is 5. The van der Waals surface area contributed by atoms with Gasteiger partial charge in [-0.1, -0.05) is 0 Å². The third-order valence-electron chi connectivity index (χ3n) is 4.85. The molecular weight excluding hydrogens is 449 g/mol. The molecule has 0 radical (unpaired) electrons. The van der Waals surface area contributed by atoms with Crippen LogP contribution in [0.4, 0.5) is 19.0 Å². The highest BCUT2D eigenvalue weighted by molar-refractivity contribution is 7.89. The van der Waals surface area contributed by atoms with E-state index in [0.29, 0.717) is 24.7 Å². The average molecular weight is 468 g/mol. The molecule has 0 unspecified atom stereocenters. The Morgan fingerprint density at radius 1 is 0.969 bits per heavy atom. The largest absolute Gasteiger partial charge is 0.573 e. The lowest BCUT2D eigenvalue weighted by Gasteiger charge is -2.34. The van der Waals surface area contributed by atoms with E-state index in [0.717, 1.165) is 30.0 Å². The molecule has 1 aliphatic heterocycles. The van der Waals surface area contributed by atoms with Gasteiger partial charge in [0.05, 0.1) is 10.6 Å². The van der Waals surface area contributed by atoms with Crippen molar-refractivity contribution in [3.05, 3.63) is 54.6 Å². The summed E-state index contributed by atoms with van der Waals surface area (Å²) in [4.78, 5) is 10.3. The van der Waals surface area contributed by atoms with Gasteiger partial charge in [0.2, 0.25) is 10.0 Å². The molecule has 1 saturated heterocycles. The number of nitrogens with zero attached hydrogens (tertiary/aromatic N) is 6. The van der Waals surface area contributed by atoms with Crippen LogP contribution in [0, 0.1) is 6.92 Å². The number of sulfonamides is 1. The Bertz CT molecular complexity index is 1190. The topological polar surface area (TPSA) is 93.5 Å². The number of aromatic nitrogens is 4. The van der Waals surface area contributed by atoms with Gasteiger partial charge in [-0.3, -0.25) is 0 Å². The molecule has 0 atom stereocenters. The molecule has 1 aromatic carbocycles. The van der Waals surface area contributed by atoms with E-state index in [1.807, 2.05) is 17.9 Å². The lowest BCUT2D eigenvalue weighted by Crippen LogP contribution is -2.48. The standard InChI is InChI=1S/C19H19F3N6O3S/c1-14-6-7-28(25-14)18-12-17(23-13-24-18)26-8-10-27(11-9-26)32(29,30)16-4-2-15(3-5-16)31-19(20,21)22/h2-7,12-13H,8-11H2,1H3. The molecule has 9 nitrogen and oxygen atoms in total. The summed E-state index contributed by atoms with van der Waals surface area (Å²) in [5.74, 6) is 0.765. The SMILES string of the molecule is Cc1ccn(-c2cc(N3CCN(S(=O)(=O)c4ccc(OC(F)(F)F)cc4)CC3)ncn2)n1. The highest BCUT2D eigenvalue weighted by Crippen LogP contribution is 2.26. The fourth-order valence-electron chi connectivity index (χ4n) is 3.30. The molecule has 4 rings (SSSR count). The summed E-state index contributed by atoms with van der Waals surface area (Å²) >= 11 is 0. The number of alkyl halides is 3. The van der Waals surface area contributed by atoms with Crippen LogP contribution in [-0.2, 0) is 10.0 Å². The highest BCUT2D eigenvalue weighted by Gasteiger charge is 2.32. The van der Waals surface area contributed by atoms with Crippen molar-refractivity contribution in [2.45, 2.75) is 18.2 Å². The Balaban J connectivity index is 1.43. The number of hydrogen-bond acceptors (Lipinski definition) is 7. The summed E-state index contributed by atoms with van der Waals surface area (Å²) in [6.07, 6.45) is -1.62. The molecule has 0 bridgehead atoms. The minimum absolute atomic E-state index is 0.0983. The van der Waals surface area contributed by atoms with Gasteiger partial charge < -0.3 is 9.64 Å². The summed E-state index contributed by atoms with van der Waals surface area (Å²) in [6.45, 7) is 3.05. The van der Waals surface area contributed by atoms with Crippen molar-refractivity contribution >= 4 is 15.8 Å². The number of ether oxygens (including phenoxy) is 1. The summed E-state index contributed by atoms with van der Waals surface area (Å²) in [5, 5.41) is 4.32. The summed E-state index contributed by atoms with van der Waals surface area (Å²) in [5.41, 5.74) is 0.849. The Kier molecular flexibility index (Phi) is 5.77. The number of hydrogen-bond donors (Lipinski definition) is 0. The van der Waals surface area contributed by atoms with Gasteiger partial charge in [0.15, 0.2) is 5.82 Å². The number of piperazine rings is 1. The molecule has 13 heteroatoms. The zero-order valence-corrected chi connectivity index (χ0v) is 17.7. The fraction of sp³-hybridized carbons (Fsp3) is 0.316. The maximum Gasteiger partial charge on any atom is 0.573 e. The van der Waals surface area contributed by atoms with Crippen molar-refractivity contribution in [3.8, 4) is 11.6 Å². The van der Waals surface area contributed by atoms with Crippen LogP contribution < -0.4 is 9.64 Å². The van der Waals surface area contributed by atoms with E-state index in [1.54, 1.807) is 16.9 Å². The van der Waals surface area contributed by atoms with Crippen LogP contribution in [-0.4, -0.2) is 65.0 Å². The van der Waals surface area contributed by atoms with E-state index in [2.05, 4.69) is 19.8 Å². The highest BCUT2D eigenvalue weighted by atomic mass is 32.2. The van der Waals surface area contributed by atoms with E-state index < -0.39 is 22.1 Å². The molecule has 2 aromatic heterocycles. The predicted octanol–water partition coefficient (Wildman–Crippen LogP) is 2.38. The third kappa shape index (κ3) is 4.83. The smallest absolute Gasteiger partial charge is 0.406 e. The molecule has 0 spiro atoms. The normalized spacial score (nSPS) is 15.7. The monoisotopic (exact) mass is 468 g/mol. The first-order chi connectivity index (χ1) is 15.1. The second-order valence-electron chi connectivity index (χ2n) is 7.05. The fourth-order valence-corrected chi connectivity index (χ4v) is 4.72. The summed E-state index contributed by atoms with van der Waals surface area (Å²) in [7, 11) is -3.85. The minimum atomic E-state index is -4.84. The first-order valence-corrected chi connectivity index (χ1v) is 11.0. The van der Waals surface area contributed by atoms with Crippen molar-refractivity contribution in [1.29, 1.82) is 0 Å². The number of aryl methyl sites for hydroxylation is 1. The van der Waals surface area contributed by atoms with Gasteiger partial charge in [-0.05, 0) is 37.3 Å². The minimum Gasteiger partial charge on any atom is -0.406 e. The van der Waals surface area contributed by atoms with Crippen molar-refractivity contribution in [2.75, 3.05) is 31.1 Å². The second kappa shape index (κ2) is 8.39. The summed E-state index contributed by atoms with van der Waals surface area (Å²) < 4.78 is 69.4. The van der Waals surface area contributed by atoms with Crippen LogP contribution in [0.3, 0.4) is 0 Å². The first-order valence-electron chi connectivity index (χ1n) is 9.57. The average Bonchev–Trinajstić information content (AvgIpc) is 3.20. The van der Waals surface area contributed by atoms with Gasteiger partial charge in [0, 0.05) is 38.4 Å². The molecule has 0 aliphatic carbocycles. The predicted molar refractivity (Wildman–Crippen MR) is 108 cm³/mol. The first kappa shape index (κ1) is 22.0. The molecule has 1 fully saturated rings. The Morgan fingerprint density at radius 2 is 1.62 bits per heavy atom. The van der Waals surface area contributed by atoms with Crippen molar-refractivity contribution in [2.24, 2.45) is 0 Å². The van der Waals surface area contributed by atoms with Crippen LogP contribution in [0.1, 0.15) is 5.69 Å². The second-order valence-corrected chi connectivity index (χ2v) is 8.98.